The van der Waals surface area contributed by atoms with E-state index in [2.05, 4.69) is 33.1 Å². The van der Waals surface area contributed by atoms with Crippen molar-refractivity contribution in [1.82, 2.24) is 5.43 Å². The molecular formula is C22H14Cl2F3IN2O2. The molecule has 3 aromatic carbocycles. The normalized spacial score (nSPS) is 11.6. The highest BCUT2D eigenvalue weighted by molar-refractivity contribution is 14.1. The van der Waals surface area contributed by atoms with E-state index in [1.165, 1.54) is 24.4 Å². The van der Waals surface area contributed by atoms with Gasteiger partial charge in [-0.15, -0.1) is 0 Å². The summed E-state index contributed by atoms with van der Waals surface area (Å²) in [4.78, 5) is 12.1. The smallest absolute Gasteiger partial charge is 0.416 e. The molecule has 0 aliphatic rings. The van der Waals surface area contributed by atoms with Crippen LogP contribution < -0.4 is 10.2 Å². The highest BCUT2D eigenvalue weighted by Gasteiger charge is 2.30. The van der Waals surface area contributed by atoms with Crippen LogP contribution >= 0.6 is 45.8 Å². The molecule has 0 heterocycles. The summed E-state index contributed by atoms with van der Waals surface area (Å²) in [6, 6.07) is 14.9. The number of hydrazone groups is 1. The standard InChI is InChI=1S/C22H14Cl2F3IN2O2/c23-18-8-14(9-19(24)20(18)32-12-13-4-6-17(28)7-5-13)11-29-30-21(31)15-2-1-3-16(10-15)22(25,26)27/h1-11H,12H2,(H,30,31)/b29-11-. The summed E-state index contributed by atoms with van der Waals surface area (Å²) < 4.78 is 45.2. The average molecular weight is 593 g/mol. The molecule has 0 radical (unpaired) electrons. The van der Waals surface area contributed by atoms with E-state index in [1.54, 1.807) is 0 Å². The third-order valence-electron chi connectivity index (χ3n) is 4.15. The highest BCUT2D eigenvalue weighted by atomic mass is 127. The van der Waals surface area contributed by atoms with E-state index in [1.807, 2.05) is 24.3 Å². The lowest BCUT2D eigenvalue weighted by atomic mass is 10.1. The van der Waals surface area contributed by atoms with E-state index in [-0.39, 0.29) is 22.2 Å². The molecule has 0 bridgehead atoms. The maximum absolute atomic E-state index is 12.8. The van der Waals surface area contributed by atoms with Gasteiger partial charge in [-0.05, 0) is 76.2 Å². The van der Waals surface area contributed by atoms with Crippen molar-refractivity contribution in [3.63, 3.8) is 0 Å². The third-order valence-corrected chi connectivity index (χ3v) is 5.43. The number of benzene rings is 3. The molecule has 10 heteroatoms. The Labute approximate surface area is 205 Å². The molecule has 0 aromatic heterocycles. The first-order valence-corrected chi connectivity index (χ1v) is 10.8. The summed E-state index contributed by atoms with van der Waals surface area (Å²) in [5, 5.41) is 4.25. The van der Waals surface area contributed by atoms with Crippen LogP contribution in [0.1, 0.15) is 27.0 Å². The molecule has 0 fully saturated rings. The van der Waals surface area contributed by atoms with E-state index >= 15 is 0 Å². The number of alkyl halides is 3. The average Bonchev–Trinajstić information content (AvgIpc) is 2.74. The number of nitrogens with zero attached hydrogens (tertiary/aromatic N) is 1. The third kappa shape index (κ3) is 6.60. The van der Waals surface area contributed by atoms with E-state index in [0.717, 1.165) is 27.3 Å². The molecule has 166 valence electrons. The summed E-state index contributed by atoms with van der Waals surface area (Å²) >= 11 is 14.7. The van der Waals surface area contributed by atoms with Gasteiger partial charge >= 0.3 is 6.18 Å². The first-order valence-electron chi connectivity index (χ1n) is 9.00. The number of rotatable bonds is 6. The lowest BCUT2D eigenvalue weighted by Crippen LogP contribution is -2.18. The fourth-order valence-corrected chi connectivity index (χ4v) is 3.57. The van der Waals surface area contributed by atoms with E-state index < -0.39 is 17.6 Å². The molecule has 0 unspecified atom stereocenters. The van der Waals surface area contributed by atoms with Crippen LogP contribution in [0.25, 0.3) is 0 Å². The Kier molecular flexibility index (Phi) is 8.02. The van der Waals surface area contributed by atoms with Crippen molar-refractivity contribution in [3.05, 3.63) is 96.5 Å². The minimum absolute atomic E-state index is 0.174. The second kappa shape index (κ2) is 10.5. The summed E-state index contributed by atoms with van der Waals surface area (Å²) in [7, 11) is 0. The van der Waals surface area contributed by atoms with Crippen molar-refractivity contribution in [3.8, 4) is 5.75 Å². The zero-order valence-electron chi connectivity index (χ0n) is 16.1. The molecule has 0 saturated carbocycles. The monoisotopic (exact) mass is 592 g/mol. The van der Waals surface area contributed by atoms with Crippen LogP contribution in [-0.2, 0) is 12.8 Å². The Balaban J connectivity index is 1.65. The number of nitrogens with one attached hydrogen (secondary N) is 1. The van der Waals surface area contributed by atoms with Crippen LogP contribution in [0.5, 0.6) is 5.75 Å². The maximum atomic E-state index is 12.8. The zero-order valence-corrected chi connectivity index (χ0v) is 19.8. The van der Waals surface area contributed by atoms with Crippen LogP contribution in [0.15, 0.2) is 65.8 Å². The van der Waals surface area contributed by atoms with Gasteiger partial charge < -0.3 is 4.74 Å². The first kappa shape index (κ1) is 24.3. The number of hydrogen-bond acceptors (Lipinski definition) is 3. The van der Waals surface area contributed by atoms with Gasteiger partial charge in [0.05, 0.1) is 21.8 Å². The van der Waals surface area contributed by atoms with Crippen LogP contribution in [-0.4, -0.2) is 12.1 Å². The molecule has 3 rings (SSSR count). The van der Waals surface area contributed by atoms with Crippen molar-refractivity contribution in [2.24, 2.45) is 5.10 Å². The van der Waals surface area contributed by atoms with Crippen molar-refractivity contribution in [2.45, 2.75) is 12.8 Å². The molecule has 3 aromatic rings. The van der Waals surface area contributed by atoms with Gasteiger partial charge in [-0.2, -0.15) is 18.3 Å². The predicted molar refractivity (Wildman–Crippen MR) is 126 cm³/mol. The molecule has 0 spiro atoms. The number of carbonyl (C=O) groups is 1. The number of ether oxygens (including phenoxy) is 1. The van der Waals surface area contributed by atoms with Gasteiger partial charge in [0.15, 0.2) is 5.75 Å². The van der Waals surface area contributed by atoms with Gasteiger partial charge in [0.2, 0.25) is 0 Å². The van der Waals surface area contributed by atoms with Gasteiger partial charge in [0.25, 0.3) is 5.91 Å². The Morgan fingerprint density at radius 2 is 1.72 bits per heavy atom. The van der Waals surface area contributed by atoms with E-state index in [9.17, 15) is 18.0 Å². The number of amides is 1. The van der Waals surface area contributed by atoms with Crippen LogP contribution in [0.4, 0.5) is 13.2 Å². The van der Waals surface area contributed by atoms with Gasteiger partial charge in [-0.25, -0.2) is 5.43 Å². The van der Waals surface area contributed by atoms with Crippen molar-refractivity contribution >= 4 is 57.9 Å². The Morgan fingerprint density at radius 3 is 2.34 bits per heavy atom. The minimum Gasteiger partial charge on any atom is -0.486 e. The van der Waals surface area contributed by atoms with Crippen molar-refractivity contribution in [2.75, 3.05) is 0 Å². The topological polar surface area (TPSA) is 50.7 Å². The summed E-state index contributed by atoms with van der Waals surface area (Å²) in [5.41, 5.74) is 2.49. The molecule has 0 aliphatic carbocycles. The molecular weight excluding hydrogens is 579 g/mol. The van der Waals surface area contributed by atoms with E-state index in [0.29, 0.717) is 11.3 Å². The summed E-state index contributed by atoms with van der Waals surface area (Å²) in [6.07, 6.45) is -3.28. The van der Waals surface area contributed by atoms with Crippen LogP contribution in [0.2, 0.25) is 10.0 Å². The minimum atomic E-state index is -4.55. The lowest BCUT2D eigenvalue weighted by Gasteiger charge is -2.11. The molecule has 0 atom stereocenters. The second-order valence-corrected chi connectivity index (χ2v) is 8.57. The van der Waals surface area contributed by atoms with Gasteiger partial charge in [-0.1, -0.05) is 41.4 Å². The number of halogens is 6. The SMILES string of the molecule is O=C(N/N=C\c1cc(Cl)c(OCc2ccc(I)cc2)c(Cl)c1)c1cccc(C(F)(F)F)c1. The van der Waals surface area contributed by atoms with Crippen LogP contribution in [0.3, 0.4) is 0 Å². The van der Waals surface area contributed by atoms with Crippen LogP contribution in [0, 0.1) is 3.57 Å². The second-order valence-electron chi connectivity index (χ2n) is 6.51. The fraction of sp³-hybridized carbons (Fsp3) is 0.0909. The fourth-order valence-electron chi connectivity index (χ4n) is 2.59. The Hall–Kier alpha value is -2.30. The number of carbonyl (C=O) groups excluding carboxylic acids is 1. The largest absolute Gasteiger partial charge is 0.486 e. The van der Waals surface area contributed by atoms with Gasteiger partial charge in [-0.3, -0.25) is 4.79 Å². The van der Waals surface area contributed by atoms with Gasteiger partial charge in [0.1, 0.15) is 6.61 Å². The molecule has 0 aliphatic heterocycles. The summed E-state index contributed by atoms with van der Waals surface area (Å²) in [5.74, 6) is -0.487. The predicted octanol–water partition coefficient (Wildman–Crippen LogP) is 6.96. The lowest BCUT2D eigenvalue weighted by molar-refractivity contribution is -0.137. The molecule has 1 N–H and O–H groups in total. The molecule has 32 heavy (non-hydrogen) atoms. The first-order chi connectivity index (χ1) is 15.1. The zero-order chi connectivity index (χ0) is 23.3. The van der Waals surface area contributed by atoms with Crippen molar-refractivity contribution < 1.29 is 22.7 Å². The van der Waals surface area contributed by atoms with Gasteiger partial charge in [0, 0.05) is 9.13 Å². The Bertz CT molecular complexity index is 1130. The highest BCUT2D eigenvalue weighted by Crippen LogP contribution is 2.34. The van der Waals surface area contributed by atoms with E-state index in [4.69, 9.17) is 27.9 Å². The quantitative estimate of drug-likeness (QED) is 0.191. The number of hydrogen-bond donors (Lipinski definition) is 1. The Morgan fingerprint density at radius 1 is 1.06 bits per heavy atom. The molecule has 1 amide bonds. The maximum Gasteiger partial charge on any atom is 0.416 e. The molecule has 0 saturated heterocycles. The molecule has 4 nitrogen and oxygen atoms in total. The summed E-state index contributed by atoms with van der Waals surface area (Å²) in [6.45, 7) is 0.275. The van der Waals surface area contributed by atoms with Crippen molar-refractivity contribution in [1.29, 1.82) is 0 Å².